The summed E-state index contributed by atoms with van der Waals surface area (Å²) in [5, 5.41) is 1.33. The molecular weight excluding hydrogens is 419 g/mol. The number of hydrogen-bond donors (Lipinski definition) is 0. The van der Waals surface area contributed by atoms with Crippen LogP contribution in [0.1, 0.15) is 33.3 Å². The summed E-state index contributed by atoms with van der Waals surface area (Å²) in [6, 6.07) is 6.27. The predicted molar refractivity (Wildman–Crippen MR) is 124 cm³/mol. The summed E-state index contributed by atoms with van der Waals surface area (Å²) in [5.74, 6) is 0.915. The zero-order valence-electron chi connectivity index (χ0n) is 20.0. The van der Waals surface area contributed by atoms with E-state index >= 15 is 0 Å². The Balaban J connectivity index is 0.000000318. The number of carbonyl (C=O) groups excluding carboxylic acids is 1. The highest BCUT2D eigenvalue weighted by molar-refractivity contribution is 7.41. The lowest BCUT2D eigenvalue weighted by Gasteiger charge is -2.19. The second-order valence-corrected chi connectivity index (χ2v) is 8.87. The summed E-state index contributed by atoms with van der Waals surface area (Å²) in [6.07, 6.45) is 3.32. The van der Waals surface area contributed by atoms with Crippen molar-refractivity contribution in [2.75, 3.05) is 34.5 Å². The van der Waals surface area contributed by atoms with Crippen LogP contribution in [0.25, 0.3) is 10.9 Å². The van der Waals surface area contributed by atoms with Gasteiger partial charge in [-0.1, -0.05) is 0 Å². The Labute approximate surface area is 187 Å². The van der Waals surface area contributed by atoms with E-state index in [-0.39, 0.29) is 19.0 Å². The molecule has 1 aromatic heterocycles. The third-order valence-corrected chi connectivity index (χ3v) is 5.50. The molecule has 0 bridgehead atoms. The average molecular weight is 457 g/mol. The van der Waals surface area contributed by atoms with Crippen molar-refractivity contribution in [1.29, 1.82) is 0 Å². The SMILES string of the molecule is CC(C)OP(OCOC=O)OC(C)C.COc1ccc2c(CCN(C)C)cn(C)c2c1. The maximum Gasteiger partial charge on any atom is 0.336 e. The quantitative estimate of drug-likeness (QED) is 0.202. The van der Waals surface area contributed by atoms with Crippen molar-refractivity contribution >= 4 is 26.0 Å². The number of likely N-dealkylation sites (N-methyl/N-ethyl adjacent to an activating group) is 1. The number of nitrogens with zero attached hydrogens (tertiary/aromatic N) is 2. The van der Waals surface area contributed by atoms with Crippen LogP contribution < -0.4 is 4.74 Å². The standard InChI is InChI=1S/C14H20N2O.C8H17O5P/c1-15(2)8-7-11-10-16(3)14-9-12(17-4)5-6-13(11)14;1-7(2)12-14(13-8(3)4)11-6-10-5-9/h5-6,9-10H,7-8H2,1-4H3;5,7-8H,6H2,1-4H3. The number of benzene rings is 1. The van der Waals surface area contributed by atoms with E-state index in [0.717, 1.165) is 18.7 Å². The van der Waals surface area contributed by atoms with Crippen LogP contribution in [0.4, 0.5) is 0 Å². The average Bonchev–Trinajstić information content (AvgIpc) is 3.01. The van der Waals surface area contributed by atoms with Crippen LogP contribution in [0, 0.1) is 0 Å². The van der Waals surface area contributed by atoms with Crippen molar-refractivity contribution in [1.82, 2.24) is 9.47 Å². The van der Waals surface area contributed by atoms with Gasteiger partial charge in [0.05, 0.1) is 24.8 Å². The number of methoxy groups -OCH3 is 1. The number of carbonyl (C=O) groups is 1. The van der Waals surface area contributed by atoms with E-state index in [2.05, 4.69) is 53.7 Å². The molecule has 0 atom stereocenters. The van der Waals surface area contributed by atoms with E-state index in [9.17, 15) is 4.79 Å². The number of hydrogen-bond acceptors (Lipinski definition) is 7. The van der Waals surface area contributed by atoms with Gasteiger partial charge in [-0.2, -0.15) is 0 Å². The Bertz CT molecular complexity index is 769. The monoisotopic (exact) mass is 456 g/mol. The molecule has 8 nitrogen and oxygen atoms in total. The summed E-state index contributed by atoms with van der Waals surface area (Å²) in [6.45, 7) is 8.76. The minimum Gasteiger partial charge on any atom is -0.497 e. The summed E-state index contributed by atoms with van der Waals surface area (Å²) in [4.78, 5) is 12.1. The zero-order valence-corrected chi connectivity index (χ0v) is 20.8. The summed E-state index contributed by atoms with van der Waals surface area (Å²) in [7, 11) is 6.57. The Morgan fingerprint density at radius 2 is 1.77 bits per heavy atom. The first-order valence-corrected chi connectivity index (χ1v) is 11.4. The second-order valence-electron chi connectivity index (χ2n) is 7.74. The van der Waals surface area contributed by atoms with Crippen molar-refractivity contribution < 1.29 is 27.8 Å². The molecule has 2 rings (SSSR count). The van der Waals surface area contributed by atoms with Crippen molar-refractivity contribution in [2.24, 2.45) is 7.05 Å². The highest BCUT2D eigenvalue weighted by Crippen LogP contribution is 2.42. The van der Waals surface area contributed by atoms with E-state index in [0.29, 0.717) is 6.47 Å². The second kappa shape index (κ2) is 14.4. The van der Waals surface area contributed by atoms with Gasteiger partial charge in [0, 0.05) is 31.2 Å². The molecule has 0 aliphatic rings. The Morgan fingerprint density at radius 1 is 1.13 bits per heavy atom. The van der Waals surface area contributed by atoms with Crippen LogP contribution in [0.2, 0.25) is 0 Å². The van der Waals surface area contributed by atoms with Crippen molar-refractivity contribution in [2.45, 2.75) is 46.3 Å². The van der Waals surface area contributed by atoms with Crippen LogP contribution in [0.3, 0.4) is 0 Å². The topological polar surface area (TPSA) is 71.4 Å². The van der Waals surface area contributed by atoms with Gasteiger partial charge in [0.2, 0.25) is 0 Å². The Morgan fingerprint density at radius 3 is 2.29 bits per heavy atom. The van der Waals surface area contributed by atoms with E-state index in [1.54, 1.807) is 7.11 Å². The number of rotatable bonds is 12. The van der Waals surface area contributed by atoms with Crippen LogP contribution in [0.15, 0.2) is 24.4 Å². The number of aromatic nitrogens is 1. The first kappa shape index (κ1) is 27.3. The normalized spacial score (nSPS) is 11.4. The molecule has 31 heavy (non-hydrogen) atoms. The molecular formula is C22H37N2O6P. The first-order valence-electron chi connectivity index (χ1n) is 10.3. The van der Waals surface area contributed by atoms with E-state index < -0.39 is 8.60 Å². The molecule has 176 valence electrons. The highest BCUT2D eigenvalue weighted by atomic mass is 31.2. The number of aryl methyl sites for hydroxylation is 1. The molecule has 0 radical (unpaired) electrons. The fourth-order valence-corrected chi connectivity index (χ4v) is 3.66. The molecule has 0 saturated heterocycles. The number of ether oxygens (including phenoxy) is 2. The number of fused-ring (bicyclic) bond motifs is 1. The van der Waals surface area contributed by atoms with E-state index in [4.69, 9.17) is 18.3 Å². The predicted octanol–water partition coefficient (Wildman–Crippen LogP) is 4.50. The van der Waals surface area contributed by atoms with Gasteiger partial charge in [-0.3, -0.25) is 9.32 Å². The molecule has 0 saturated carbocycles. The summed E-state index contributed by atoms with van der Waals surface area (Å²) >= 11 is 0. The minimum absolute atomic E-state index is 0.0103. The lowest BCUT2D eigenvalue weighted by atomic mass is 10.1. The van der Waals surface area contributed by atoms with Crippen molar-refractivity contribution in [3.8, 4) is 5.75 Å². The maximum atomic E-state index is 9.85. The van der Waals surface area contributed by atoms with E-state index in [1.807, 2.05) is 33.8 Å². The van der Waals surface area contributed by atoms with Gasteiger partial charge in [-0.25, -0.2) is 0 Å². The maximum absolute atomic E-state index is 9.85. The van der Waals surface area contributed by atoms with Crippen molar-refractivity contribution in [3.05, 3.63) is 30.0 Å². The third kappa shape index (κ3) is 10.4. The zero-order chi connectivity index (χ0) is 23.4. The fourth-order valence-electron chi connectivity index (χ4n) is 2.65. The largest absolute Gasteiger partial charge is 0.497 e. The molecule has 9 heteroatoms. The summed E-state index contributed by atoms with van der Waals surface area (Å²) in [5.41, 5.74) is 2.64. The first-order chi connectivity index (χ1) is 14.7. The van der Waals surface area contributed by atoms with Gasteiger partial charge < -0.3 is 28.0 Å². The van der Waals surface area contributed by atoms with Gasteiger partial charge in [-0.15, -0.1) is 0 Å². The molecule has 0 fully saturated rings. The molecule has 0 N–H and O–H groups in total. The smallest absolute Gasteiger partial charge is 0.336 e. The lowest BCUT2D eigenvalue weighted by molar-refractivity contribution is -0.135. The molecule has 1 heterocycles. The molecule has 0 spiro atoms. The third-order valence-electron chi connectivity index (χ3n) is 4.00. The van der Waals surface area contributed by atoms with Gasteiger partial charge in [0.15, 0.2) is 6.79 Å². The van der Waals surface area contributed by atoms with Gasteiger partial charge in [0.1, 0.15) is 5.75 Å². The molecule has 0 amide bonds. The molecule has 0 unspecified atom stereocenters. The fraction of sp³-hybridized carbons (Fsp3) is 0.591. The van der Waals surface area contributed by atoms with Gasteiger partial charge >= 0.3 is 8.60 Å². The van der Waals surface area contributed by atoms with Crippen LogP contribution in [-0.2, 0) is 36.6 Å². The molecule has 0 aliphatic carbocycles. The van der Waals surface area contributed by atoms with Crippen LogP contribution in [0.5, 0.6) is 5.75 Å². The van der Waals surface area contributed by atoms with Crippen molar-refractivity contribution in [3.63, 3.8) is 0 Å². The van der Waals surface area contributed by atoms with E-state index in [1.165, 1.54) is 16.5 Å². The molecule has 1 aromatic carbocycles. The Kier molecular flexibility index (Phi) is 12.7. The molecule has 0 aliphatic heterocycles. The minimum atomic E-state index is -1.44. The molecule has 2 aromatic rings. The van der Waals surface area contributed by atoms with Gasteiger partial charge in [-0.05, 0) is 65.9 Å². The lowest BCUT2D eigenvalue weighted by Crippen LogP contribution is -2.14. The van der Waals surface area contributed by atoms with Gasteiger partial charge in [0.25, 0.3) is 6.47 Å². The highest BCUT2D eigenvalue weighted by Gasteiger charge is 2.16. The van der Waals surface area contributed by atoms with Crippen LogP contribution >= 0.6 is 8.60 Å². The summed E-state index contributed by atoms with van der Waals surface area (Å²) < 4.78 is 27.5. The van der Waals surface area contributed by atoms with Crippen LogP contribution in [-0.4, -0.2) is 62.7 Å². The Hall–Kier alpha value is -1.70.